The molecule has 0 fully saturated rings. The molecule has 0 aliphatic carbocycles. The number of nitrogens with zero attached hydrogens (tertiary/aromatic N) is 1. The summed E-state index contributed by atoms with van der Waals surface area (Å²) in [5, 5.41) is 22.2. The molecule has 0 saturated carbocycles. The SMILES string of the molecule is O=[N+]([O-])c1ccc(NCC(O)CCl)cc1F. The summed E-state index contributed by atoms with van der Waals surface area (Å²) in [6.45, 7) is 0.154. The fraction of sp³-hybridized carbons (Fsp3) is 0.333. The molecule has 1 rings (SSSR count). The molecular formula is C9H10ClFN2O3. The minimum Gasteiger partial charge on any atom is -0.390 e. The molecule has 2 N–H and O–H groups in total. The summed E-state index contributed by atoms with van der Waals surface area (Å²) >= 11 is 5.36. The van der Waals surface area contributed by atoms with Crippen molar-refractivity contribution in [1.29, 1.82) is 0 Å². The molecule has 0 aliphatic rings. The second-order valence-electron chi connectivity index (χ2n) is 3.11. The fourth-order valence-electron chi connectivity index (χ4n) is 1.06. The van der Waals surface area contributed by atoms with Crippen molar-refractivity contribution < 1.29 is 14.4 Å². The van der Waals surface area contributed by atoms with E-state index in [1.165, 1.54) is 6.07 Å². The number of benzene rings is 1. The number of hydrogen-bond acceptors (Lipinski definition) is 4. The lowest BCUT2D eigenvalue weighted by Gasteiger charge is -2.09. The van der Waals surface area contributed by atoms with Crippen molar-refractivity contribution >= 4 is 23.0 Å². The Bertz CT molecular complexity index is 389. The largest absolute Gasteiger partial charge is 0.390 e. The van der Waals surface area contributed by atoms with Crippen LogP contribution in [0.1, 0.15) is 0 Å². The van der Waals surface area contributed by atoms with Gasteiger partial charge in [0.05, 0.1) is 16.9 Å². The highest BCUT2D eigenvalue weighted by molar-refractivity contribution is 6.18. The van der Waals surface area contributed by atoms with Gasteiger partial charge in [-0.1, -0.05) is 0 Å². The van der Waals surface area contributed by atoms with Gasteiger partial charge in [0.25, 0.3) is 0 Å². The highest BCUT2D eigenvalue weighted by Gasteiger charge is 2.13. The van der Waals surface area contributed by atoms with Crippen LogP contribution in [0.15, 0.2) is 18.2 Å². The van der Waals surface area contributed by atoms with Crippen LogP contribution in [-0.2, 0) is 0 Å². The summed E-state index contributed by atoms with van der Waals surface area (Å²) in [5.41, 5.74) is -0.226. The third-order valence-electron chi connectivity index (χ3n) is 1.86. The summed E-state index contributed by atoms with van der Waals surface area (Å²) < 4.78 is 13.1. The predicted octanol–water partition coefficient (Wildman–Crippen LogP) is 1.75. The molecule has 0 heterocycles. The van der Waals surface area contributed by atoms with Crippen LogP contribution in [0.3, 0.4) is 0 Å². The summed E-state index contributed by atoms with van der Waals surface area (Å²) in [5.74, 6) is -0.863. The third-order valence-corrected chi connectivity index (χ3v) is 2.22. The monoisotopic (exact) mass is 248 g/mol. The summed E-state index contributed by atoms with van der Waals surface area (Å²) in [6.07, 6.45) is -0.750. The van der Waals surface area contributed by atoms with Crippen LogP contribution in [-0.4, -0.2) is 28.6 Å². The highest BCUT2D eigenvalue weighted by atomic mass is 35.5. The molecule has 0 aromatic heterocycles. The first-order chi connectivity index (χ1) is 7.54. The van der Waals surface area contributed by atoms with E-state index in [0.717, 1.165) is 12.1 Å². The van der Waals surface area contributed by atoms with E-state index in [9.17, 15) is 14.5 Å². The van der Waals surface area contributed by atoms with Crippen LogP contribution in [0, 0.1) is 15.9 Å². The van der Waals surface area contributed by atoms with Gasteiger partial charge in [-0.15, -0.1) is 11.6 Å². The van der Waals surface area contributed by atoms with Crippen LogP contribution in [0.2, 0.25) is 0 Å². The zero-order valence-electron chi connectivity index (χ0n) is 8.19. The van der Waals surface area contributed by atoms with E-state index in [0.29, 0.717) is 5.69 Å². The number of aliphatic hydroxyl groups is 1. The average Bonchev–Trinajstić information content (AvgIpc) is 2.25. The maximum absolute atomic E-state index is 13.1. The van der Waals surface area contributed by atoms with Gasteiger partial charge in [0.1, 0.15) is 0 Å². The van der Waals surface area contributed by atoms with Crippen LogP contribution in [0.5, 0.6) is 0 Å². The van der Waals surface area contributed by atoms with Crippen molar-refractivity contribution in [3.05, 3.63) is 34.1 Å². The van der Waals surface area contributed by atoms with Gasteiger partial charge in [-0.3, -0.25) is 10.1 Å². The Balaban J connectivity index is 2.70. The average molecular weight is 249 g/mol. The van der Waals surface area contributed by atoms with Gasteiger partial charge < -0.3 is 10.4 Å². The maximum Gasteiger partial charge on any atom is 0.304 e. The highest BCUT2D eigenvalue weighted by Crippen LogP contribution is 2.20. The van der Waals surface area contributed by atoms with Gasteiger partial charge in [0, 0.05) is 24.4 Å². The molecule has 1 aromatic rings. The maximum atomic E-state index is 13.1. The number of nitrogens with one attached hydrogen (secondary N) is 1. The van der Waals surface area contributed by atoms with Gasteiger partial charge in [-0.05, 0) is 6.07 Å². The first kappa shape index (κ1) is 12.7. The normalized spacial score (nSPS) is 12.2. The number of aliphatic hydroxyl groups excluding tert-OH is 1. The van der Waals surface area contributed by atoms with E-state index >= 15 is 0 Å². The lowest BCUT2D eigenvalue weighted by molar-refractivity contribution is -0.387. The van der Waals surface area contributed by atoms with Gasteiger partial charge >= 0.3 is 5.69 Å². The number of anilines is 1. The van der Waals surface area contributed by atoms with E-state index in [4.69, 9.17) is 16.7 Å². The van der Waals surface area contributed by atoms with Gasteiger partial charge in [0.2, 0.25) is 5.82 Å². The van der Waals surface area contributed by atoms with Crippen molar-refractivity contribution in [3.8, 4) is 0 Å². The van der Waals surface area contributed by atoms with Crippen molar-refractivity contribution in [1.82, 2.24) is 0 Å². The van der Waals surface area contributed by atoms with Crippen LogP contribution >= 0.6 is 11.6 Å². The molecule has 0 aliphatic heterocycles. The summed E-state index contributed by atoms with van der Waals surface area (Å²) in [6, 6.07) is 3.42. The van der Waals surface area contributed by atoms with Crippen LogP contribution < -0.4 is 5.32 Å². The Labute approximate surface area is 96.0 Å². The number of nitro groups is 1. The molecular weight excluding hydrogens is 239 g/mol. The second-order valence-corrected chi connectivity index (χ2v) is 3.42. The molecule has 5 nitrogen and oxygen atoms in total. The number of halogens is 2. The number of nitro benzene ring substituents is 1. The molecule has 88 valence electrons. The Morgan fingerprint density at radius 2 is 2.31 bits per heavy atom. The van der Waals surface area contributed by atoms with Crippen LogP contribution in [0.25, 0.3) is 0 Å². The van der Waals surface area contributed by atoms with Crippen molar-refractivity contribution in [2.24, 2.45) is 0 Å². The first-order valence-electron chi connectivity index (χ1n) is 4.46. The molecule has 16 heavy (non-hydrogen) atoms. The third kappa shape index (κ3) is 3.32. The van der Waals surface area contributed by atoms with E-state index < -0.39 is 22.5 Å². The van der Waals surface area contributed by atoms with Gasteiger partial charge in [-0.2, -0.15) is 4.39 Å². The molecule has 1 atom stereocenters. The lowest BCUT2D eigenvalue weighted by Crippen LogP contribution is -2.20. The van der Waals surface area contributed by atoms with E-state index in [1.54, 1.807) is 0 Å². The summed E-state index contributed by atoms with van der Waals surface area (Å²) in [7, 11) is 0. The molecule has 0 bridgehead atoms. The molecule has 7 heteroatoms. The zero-order valence-corrected chi connectivity index (χ0v) is 8.95. The minimum atomic E-state index is -0.921. The fourth-order valence-corrected chi connectivity index (χ4v) is 1.16. The quantitative estimate of drug-likeness (QED) is 0.473. The molecule has 0 amide bonds. The molecule has 0 radical (unpaired) electrons. The predicted molar refractivity (Wildman–Crippen MR) is 58.3 cm³/mol. The van der Waals surface area contributed by atoms with Crippen LogP contribution in [0.4, 0.5) is 15.8 Å². The van der Waals surface area contributed by atoms with Gasteiger partial charge in [0.15, 0.2) is 0 Å². The Morgan fingerprint density at radius 1 is 1.62 bits per heavy atom. The Morgan fingerprint density at radius 3 is 2.81 bits per heavy atom. The first-order valence-corrected chi connectivity index (χ1v) is 5.00. The minimum absolute atomic E-state index is 0.0580. The molecule has 0 saturated heterocycles. The Hall–Kier alpha value is -1.40. The van der Waals surface area contributed by atoms with E-state index in [2.05, 4.69) is 5.32 Å². The second kappa shape index (κ2) is 5.62. The van der Waals surface area contributed by atoms with Crippen molar-refractivity contribution in [3.63, 3.8) is 0 Å². The lowest BCUT2D eigenvalue weighted by atomic mass is 10.2. The number of rotatable bonds is 5. The van der Waals surface area contributed by atoms with Crippen molar-refractivity contribution in [2.75, 3.05) is 17.7 Å². The van der Waals surface area contributed by atoms with E-state index in [-0.39, 0.29) is 12.4 Å². The Kier molecular flexibility index (Phi) is 4.45. The molecule has 0 spiro atoms. The number of alkyl halides is 1. The summed E-state index contributed by atoms with van der Waals surface area (Å²) in [4.78, 5) is 9.53. The smallest absolute Gasteiger partial charge is 0.304 e. The molecule has 1 aromatic carbocycles. The zero-order chi connectivity index (χ0) is 12.1. The number of hydrogen-bond donors (Lipinski definition) is 2. The van der Waals surface area contributed by atoms with E-state index in [1.807, 2.05) is 0 Å². The standard InChI is InChI=1S/C9H10ClFN2O3/c10-4-7(14)5-12-6-1-2-9(13(15)16)8(11)3-6/h1-3,7,12,14H,4-5H2. The van der Waals surface area contributed by atoms with Gasteiger partial charge in [-0.25, -0.2) is 0 Å². The van der Waals surface area contributed by atoms with Crippen molar-refractivity contribution in [2.45, 2.75) is 6.10 Å². The molecule has 1 unspecified atom stereocenters. The topological polar surface area (TPSA) is 75.4 Å².